The number of ether oxygens (including phenoxy) is 8. The van der Waals surface area contributed by atoms with E-state index in [-0.39, 0.29) is 29.6 Å². The predicted molar refractivity (Wildman–Crippen MR) is 208 cm³/mol. The topological polar surface area (TPSA) is 236 Å². The Morgan fingerprint density at radius 1 is 0.733 bits per heavy atom. The van der Waals surface area contributed by atoms with Crippen molar-refractivity contribution in [2.45, 2.75) is 196 Å². The van der Waals surface area contributed by atoms with E-state index in [9.17, 15) is 40.9 Å². The van der Waals surface area contributed by atoms with Gasteiger partial charge in [-0.2, -0.15) is 0 Å². The van der Waals surface area contributed by atoms with Gasteiger partial charge in [-0.05, 0) is 98.7 Å². The summed E-state index contributed by atoms with van der Waals surface area (Å²) in [6.07, 6.45) is -9.49. The van der Waals surface area contributed by atoms with Gasteiger partial charge >= 0.3 is 0 Å². The van der Waals surface area contributed by atoms with Gasteiger partial charge < -0.3 is 78.7 Å². The van der Waals surface area contributed by atoms with Crippen molar-refractivity contribution in [3.05, 3.63) is 11.6 Å². The minimum absolute atomic E-state index is 0.0239. The van der Waals surface area contributed by atoms with Gasteiger partial charge in [-0.25, -0.2) is 0 Å². The van der Waals surface area contributed by atoms with Gasteiger partial charge in [-0.1, -0.05) is 39.3 Å². The lowest BCUT2D eigenvalue weighted by molar-refractivity contribution is -0.390. The fourth-order valence-corrected chi connectivity index (χ4v) is 13.7. The number of rotatable bonds is 7. The number of aliphatic hydroxyl groups is 8. The predicted octanol–water partition coefficient (Wildman–Crippen LogP) is 0.853. The Balaban J connectivity index is 0.932. The summed E-state index contributed by atoms with van der Waals surface area (Å²) in [5.74, 6) is 2.62. The third kappa shape index (κ3) is 7.19. The highest BCUT2D eigenvalue weighted by Gasteiger charge is 2.69. The van der Waals surface area contributed by atoms with E-state index in [1.54, 1.807) is 0 Å². The number of hydrogen-bond donors (Lipinski definition) is 8. The first-order valence-corrected chi connectivity index (χ1v) is 22.8. The second-order valence-corrected chi connectivity index (χ2v) is 20.6. The quantitative estimate of drug-likeness (QED) is 0.166. The van der Waals surface area contributed by atoms with Crippen LogP contribution < -0.4 is 0 Å². The summed E-state index contributed by atoms with van der Waals surface area (Å²) >= 11 is 0. The van der Waals surface area contributed by atoms with Crippen molar-refractivity contribution >= 4 is 0 Å². The molecule has 5 saturated heterocycles. The molecule has 8 N–H and O–H groups in total. The molecule has 60 heavy (non-hydrogen) atoms. The average Bonchev–Trinajstić information content (AvgIpc) is 3.68. The number of fused-ring (bicyclic) bond motifs is 7. The maximum absolute atomic E-state index is 11.5. The van der Waals surface area contributed by atoms with E-state index in [0.717, 1.165) is 45.1 Å². The van der Waals surface area contributed by atoms with E-state index in [1.807, 2.05) is 0 Å². The van der Waals surface area contributed by atoms with Crippen molar-refractivity contribution < 1.29 is 78.7 Å². The molecule has 0 aromatic carbocycles. The van der Waals surface area contributed by atoms with E-state index >= 15 is 0 Å². The van der Waals surface area contributed by atoms with Crippen molar-refractivity contribution in [2.24, 2.45) is 46.3 Å². The van der Waals surface area contributed by atoms with Gasteiger partial charge in [0.25, 0.3) is 0 Å². The fraction of sp³-hybridized carbons (Fsp3) is 0.955. The summed E-state index contributed by atoms with van der Waals surface area (Å²) in [7, 11) is 0. The van der Waals surface area contributed by atoms with Gasteiger partial charge in [0.2, 0.25) is 0 Å². The van der Waals surface area contributed by atoms with E-state index in [4.69, 9.17) is 37.9 Å². The zero-order chi connectivity index (χ0) is 42.6. The van der Waals surface area contributed by atoms with Crippen LogP contribution in [-0.2, 0) is 37.9 Å². The Bertz CT molecular complexity index is 1560. The smallest absolute Gasteiger partial charge is 0.187 e. The Labute approximate surface area is 352 Å². The van der Waals surface area contributed by atoms with Crippen molar-refractivity contribution in [1.29, 1.82) is 0 Å². The minimum Gasteiger partial charge on any atom is -0.394 e. The summed E-state index contributed by atoms with van der Waals surface area (Å²) in [6, 6.07) is 0. The molecule has 5 aliphatic heterocycles. The van der Waals surface area contributed by atoms with Crippen LogP contribution in [-0.4, -0.2) is 165 Å². The molecule has 9 aliphatic rings. The third-order valence-electron chi connectivity index (χ3n) is 17.3. The van der Waals surface area contributed by atoms with Crippen molar-refractivity contribution in [2.75, 3.05) is 19.8 Å². The first-order valence-electron chi connectivity index (χ1n) is 22.8. The molecule has 0 aromatic heterocycles. The lowest BCUT2D eigenvalue weighted by atomic mass is 9.47. The van der Waals surface area contributed by atoms with Gasteiger partial charge in [-0.3, -0.25) is 0 Å². The first kappa shape index (κ1) is 44.3. The van der Waals surface area contributed by atoms with Crippen LogP contribution in [0.1, 0.15) is 92.4 Å². The van der Waals surface area contributed by atoms with Crippen LogP contribution in [0, 0.1) is 46.3 Å². The molecular formula is C44H70O16. The van der Waals surface area contributed by atoms with Crippen LogP contribution in [0.2, 0.25) is 0 Å². The van der Waals surface area contributed by atoms with Crippen LogP contribution in [0.3, 0.4) is 0 Å². The number of allylic oxidation sites excluding steroid dienone is 1. The van der Waals surface area contributed by atoms with E-state index in [1.165, 1.54) is 18.9 Å². The monoisotopic (exact) mass is 854 g/mol. The van der Waals surface area contributed by atoms with Crippen LogP contribution in [0.4, 0.5) is 0 Å². The Morgan fingerprint density at radius 2 is 1.48 bits per heavy atom. The fourth-order valence-electron chi connectivity index (χ4n) is 13.7. The zero-order valence-corrected chi connectivity index (χ0v) is 35.6. The van der Waals surface area contributed by atoms with Crippen LogP contribution in [0.25, 0.3) is 0 Å². The van der Waals surface area contributed by atoms with Crippen molar-refractivity contribution in [3.8, 4) is 0 Å². The lowest BCUT2D eigenvalue weighted by Crippen LogP contribution is -2.66. The summed E-state index contributed by atoms with van der Waals surface area (Å²) in [4.78, 5) is 0. The van der Waals surface area contributed by atoms with Crippen molar-refractivity contribution in [3.63, 3.8) is 0 Å². The molecule has 1 spiro atoms. The Morgan fingerprint density at radius 3 is 2.22 bits per heavy atom. The van der Waals surface area contributed by atoms with E-state index in [0.29, 0.717) is 48.3 Å². The van der Waals surface area contributed by atoms with Gasteiger partial charge in [0.05, 0.1) is 38.1 Å². The molecule has 342 valence electrons. The maximum atomic E-state index is 11.5. The molecular weight excluding hydrogens is 784 g/mol. The van der Waals surface area contributed by atoms with Crippen LogP contribution in [0.15, 0.2) is 11.6 Å². The van der Waals surface area contributed by atoms with Gasteiger partial charge in [0.1, 0.15) is 61.0 Å². The van der Waals surface area contributed by atoms with Gasteiger partial charge in [0.15, 0.2) is 24.7 Å². The number of hydrogen-bond acceptors (Lipinski definition) is 16. The molecule has 0 unspecified atom stereocenters. The van der Waals surface area contributed by atoms with Crippen LogP contribution >= 0.6 is 0 Å². The Kier molecular flexibility index (Phi) is 12.2. The van der Waals surface area contributed by atoms with Gasteiger partial charge in [0, 0.05) is 12.3 Å². The molecule has 0 radical (unpaired) electrons. The molecule has 3 saturated carbocycles. The third-order valence-corrected chi connectivity index (χ3v) is 17.3. The maximum Gasteiger partial charge on any atom is 0.187 e. The summed E-state index contributed by atoms with van der Waals surface area (Å²) in [6.45, 7) is 10.9. The highest BCUT2D eigenvalue weighted by atomic mass is 16.8. The highest BCUT2D eigenvalue weighted by molar-refractivity contribution is 5.26. The lowest BCUT2D eigenvalue weighted by Gasteiger charge is -2.59. The highest BCUT2D eigenvalue weighted by Crippen LogP contribution is 2.70. The molecule has 16 heteroatoms. The second-order valence-electron chi connectivity index (χ2n) is 20.6. The molecule has 0 bridgehead atoms. The molecule has 0 aromatic rings. The molecule has 8 fully saturated rings. The standard InChI is InChI=1S/C44H70O16/c1-19-8-13-44(54-17-19)20(2)30-28(60-44)15-26-24-7-6-22-14-23(9-11-42(22,4)25(24)10-12-43(26,30)5)56-41-38(59-40-36(52)34(50)31(47)21(3)55-40)37(33(49)29(16-45)57-41)58-39-35(51)32(48)27(46)18-53-39/h6,19-21,23-41,45-52H,7-18H2,1-5H3/t19-,20+,21+,23+,24-,25+,26+,27-,28+,29-,30+,31+,32+,33+,34-,35+,36-,37+,38-,39-,40+,41-,42+,43+,44-/m1/s1. The summed E-state index contributed by atoms with van der Waals surface area (Å²) in [5.41, 5.74) is 1.52. The first-order chi connectivity index (χ1) is 28.5. The molecule has 0 amide bonds. The van der Waals surface area contributed by atoms with Crippen LogP contribution in [0.5, 0.6) is 0 Å². The molecule has 4 aliphatic carbocycles. The Hall–Kier alpha value is -0.900. The minimum atomic E-state index is -1.72. The molecule has 9 rings (SSSR count). The normalized spacial score (nSPS) is 57.9. The molecule has 5 heterocycles. The summed E-state index contributed by atoms with van der Waals surface area (Å²) in [5, 5.41) is 85.1. The van der Waals surface area contributed by atoms with E-state index in [2.05, 4.69) is 33.8 Å². The largest absolute Gasteiger partial charge is 0.394 e. The molecule has 16 nitrogen and oxygen atoms in total. The average molecular weight is 855 g/mol. The SMILES string of the molecule is C[C@@H]1CC[C@@]2(OC1)O[C@H]1C[C@H]3[C@@H]4CC=C5C[C@@H](O[C@@H]6O[C@H](CO)[C@H](O)[C@H](O[C@H]7OC[C@@H](O)[C@H](O)[C@@H]7O)[C@H]6O[C@@H]6O[C@@H](C)[C@H](O)[C@@H](O)[C@H]6O)CC[C@]5(C)[C@H]4CC[C@]3(C)[C@H]1[C@@H]2C. The van der Waals surface area contributed by atoms with Crippen molar-refractivity contribution in [1.82, 2.24) is 0 Å². The second kappa shape index (κ2) is 16.5. The summed E-state index contributed by atoms with van der Waals surface area (Å²) < 4.78 is 50.1. The molecule has 25 atom stereocenters. The van der Waals surface area contributed by atoms with E-state index < -0.39 is 98.4 Å². The number of aliphatic hydroxyl groups excluding tert-OH is 8. The zero-order valence-electron chi connectivity index (χ0n) is 35.6. The van der Waals surface area contributed by atoms with Gasteiger partial charge in [-0.15, -0.1) is 0 Å².